The Balaban J connectivity index is 1.85. The SMILES string of the molecule is FC(F)(F)CONCc1cnn(-c2ccccc2)n1. The van der Waals surface area contributed by atoms with Crippen molar-refractivity contribution in [3.8, 4) is 5.69 Å². The van der Waals surface area contributed by atoms with Crippen molar-refractivity contribution < 1.29 is 18.0 Å². The number of aromatic nitrogens is 3. The molecule has 0 atom stereocenters. The van der Waals surface area contributed by atoms with Crippen LogP contribution >= 0.6 is 0 Å². The Labute approximate surface area is 106 Å². The molecule has 0 spiro atoms. The second-order valence-corrected chi connectivity index (χ2v) is 3.69. The minimum absolute atomic E-state index is 0.0446. The number of benzene rings is 1. The van der Waals surface area contributed by atoms with Crippen LogP contribution in [-0.2, 0) is 11.4 Å². The van der Waals surface area contributed by atoms with Gasteiger partial charge >= 0.3 is 6.18 Å². The third kappa shape index (κ3) is 4.34. The van der Waals surface area contributed by atoms with E-state index in [2.05, 4.69) is 20.5 Å². The predicted octanol–water partition coefficient (Wildman–Crippen LogP) is 1.85. The number of para-hydroxylation sites is 1. The molecule has 0 unspecified atom stereocenters. The smallest absolute Gasteiger partial charge is 0.292 e. The predicted molar refractivity (Wildman–Crippen MR) is 60.2 cm³/mol. The lowest BCUT2D eigenvalue weighted by atomic mass is 10.3. The minimum atomic E-state index is -4.35. The first-order chi connectivity index (χ1) is 9.04. The molecule has 0 bridgehead atoms. The third-order valence-electron chi connectivity index (χ3n) is 2.12. The van der Waals surface area contributed by atoms with Crippen LogP contribution in [0, 0.1) is 0 Å². The second-order valence-electron chi connectivity index (χ2n) is 3.69. The Kier molecular flexibility index (Phi) is 4.13. The van der Waals surface area contributed by atoms with Crippen LogP contribution in [0.5, 0.6) is 0 Å². The molecular formula is C11H11F3N4O. The highest BCUT2D eigenvalue weighted by Crippen LogP contribution is 2.13. The summed E-state index contributed by atoms with van der Waals surface area (Å²) < 4.78 is 35.4. The van der Waals surface area contributed by atoms with Gasteiger partial charge < -0.3 is 0 Å². The molecule has 5 nitrogen and oxygen atoms in total. The van der Waals surface area contributed by atoms with Gasteiger partial charge in [-0.2, -0.15) is 33.6 Å². The summed E-state index contributed by atoms with van der Waals surface area (Å²) in [6.45, 7) is -1.30. The highest BCUT2D eigenvalue weighted by Gasteiger charge is 2.27. The standard InChI is InChI=1S/C11H11F3N4O/c12-11(13,14)8-19-16-7-9-6-15-18(17-9)10-4-2-1-3-5-10/h1-6,16H,7-8H2. The lowest BCUT2D eigenvalue weighted by Gasteiger charge is -2.06. The number of nitrogens with zero attached hydrogens (tertiary/aromatic N) is 3. The van der Waals surface area contributed by atoms with Crippen molar-refractivity contribution in [2.45, 2.75) is 12.7 Å². The number of alkyl halides is 3. The van der Waals surface area contributed by atoms with Gasteiger partial charge in [0.05, 0.1) is 24.1 Å². The van der Waals surface area contributed by atoms with Crippen LogP contribution in [-0.4, -0.2) is 27.8 Å². The fourth-order valence-electron chi connectivity index (χ4n) is 1.32. The largest absolute Gasteiger partial charge is 0.413 e. The van der Waals surface area contributed by atoms with Crippen molar-refractivity contribution in [2.75, 3.05) is 6.61 Å². The normalized spacial score (nSPS) is 11.7. The Morgan fingerprint density at radius 1 is 1.21 bits per heavy atom. The van der Waals surface area contributed by atoms with E-state index >= 15 is 0 Å². The van der Waals surface area contributed by atoms with E-state index in [9.17, 15) is 13.2 Å². The molecule has 0 aliphatic carbocycles. The van der Waals surface area contributed by atoms with E-state index in [1.807, 2.05) is 30.3 Å². The van der Waals surface area contributed by atoms with E-state index in [1.165, 1.54) is 11.0 Å². The van der Waals surface area contributed by atoms with Crippen LogP contribution in [0.15, 0.2) is 36.5 Å². The molecule has 102 valence electrons. The van der Waals surface area contributed by atoms with Crippen LogP contribution < -0.4 is 5.48 Å². The summed E-state index contributed by atoms with van der Waals surface area (Å²) >= 11 is 0. The van der Waals surface area contributed by atoms with Crippen molar-refractivity contribution in [2.24, 2.45) is 0 Å². The summed E-state index contributed by atoms with van der Waals surface area (Å²) in [6, 6.07) is 9.17. The van der Waals surface area contributed by atoms with E-state index in [0.29, 0.717) is 5.69 Å². The van der Waals surface area contributed by atoms with E-state index < -0.39 is 12.8 Å². The number of rotatable bonds is 5. The Bertz CT molecular complexity index is 512. The van der Waals surface area contributed by atoms with Gasteiger partial charge in [-0.05, 0) is 12.1 Å². The maximum atomic E-state index is 11.8. The summed E-state index contributed by atoms with van der Waals surface area (Å²) in [5.41, 5.74) is 3.43. The second kappa shape index (κ2) is 5.81. The molecule has 8 heteroatoms. The summed E-state index contributed by atoms with van der Waals surface area (Å²) in [4.78, 5) is 5.65. The molecule has 1 heterocycles. The fraction of sp³-hybridized carbons (Fsp3) is 0.273. The van der Waals surface area contributed by atoms with E-state index in [4.69, 9.17) is 0 Å². The minimum Gasteiger partial charge on any atom is -0.292 e. The average molecular weight is 272 g/mol. The fourth-order valence-corrected chi connectivity index (χ4v) is 1.32. The number of hydrogen-bond acceptors (Lipinski definition) is 4. The Morgan fingerprint density at radius 3 is 2.63 bits per heavy atom. The third-order valence-corrected chi connectivity index (χ3v) is 2.12. The number of hydroxylamine groups is 1. The Morgan fingerprint density at radius 2 is 1.95 bits per heavy atom. The molecule has 2 rings (SSSR count). The van der Waals surface area contributed by atoms with Crippen LogP contribution in [0.1, 0.15) is 5.69 Å². The van der Waals surface area contributed by atoms with E-state index in [-0.39, 0.29) is 6.54 Å². The summed E-state index contributed by atoms with van der Waals surface area (Å²) in [6.07, 6.45) is -2.90. The molecule has 0 saturated heterocycles. The molecule has 0 saturated carbocycles. The molecule has 0 radical (unpaired) electrons. The van der Waals surface area contributed by atoms with E-state index in [0.717, 1.165) is 5.69 Å². The van der Waals surface area contributed by atoms with Gasteiger partial charge in [0.1, 0.15) is 0 Å². The molecule has 0 fully saturated rings. The van der Waals surface area contributed by atoms with Crippen LogP contribution in [0.4, 0.5) is 13.2 Å². The average Bonchev–Trinajstić information content (AvgIpc) is 2.83. The topological polar surface area (TPSA) is 52.0 Å². The first-order valence-electron chi connectivity index (χ1n) is 5.43. The molecule has 1 aromatic carbocycles. The summed E-state index contributed by atoms with van der Waals surface area (Å²) in [7, 11) is 0. The monoisotopic (exact) mass is 272 g/mol. The van der Waals surface area contributed by atoms with Gasteiger partial charge in [0.15, 0.2) is 6.61 Å². The first-order valence-corrected chi connectivity index (χ1v) is 5.43. The zero-order valence-electron chi connectivity index (χ0n) is 9.76. The van der Waals surface area contributed by atoms with Crippen LogP contribution in [0.2, 0.25) is 0 Å². The number of halogens is 3. The quantitative estimate of drug-likeness (QED) is 0.666. The summed E-state index contributed by atoms with van der Waals surface area (Å²) in [5.74, 6) is 0. The number of hydrogen-bond donors (Lipinski definition) is 1. The lowest BCUT2D eigenvalue weighted by molar-refractivity contribution is -0.190. The van der Waals surface area contributed by atoms with Gasteiger partial charge in [-0.15, -0.1) is 0 Å². The van der Waals surface area contributed by atoms with Gasteiger partial charge in [0, 0.05) is 0 Å². The molecule has 19 heavy (non-hydrogen) atoms. The Hall–Kier alpha value is -1.93. The van der Waals surface area contributed by atoms with Crippen LogP contribution in [0.25, 0.3) is 5.69 Å². The van der Waals surface area contributed by atoms with Gasteiger partial charge in [-0.3, -0.25) is 4.84 Å². The molecule has 2 aromatic rings. The van der Waals surface area contributed by atoms with Crippen molar-refractivity contribution in [1.82, 2.24) is 20.5 Å². The zero-order valence-corrected chi connectivity index (χ0v) is 9.76. The lowest BCUT2D eigenvalue weighted by Crippen LogP contribution is -2.24. The molecular weight excluding hydrogens is 261 g/mol. The highest BCUT2D eigenvalue weighted by atomic mass is 19.4. The molecule has 0 amide bonds. The van der Waals surface area contributed by atoms with Gasteiger partial charge in [0.25, 0.3) is 0 Å². The molecule has 0 aliphatic rings. The first kappa shape index (κ1) is 13.5. The van der Waals surface area contributed by atoms with Crippen molar-refractivity contribution in [3.63, 3.8) is 0 Å². The number of nitrogens with one attached hydrogen (secondary N) is 1. The van der Waals surface area contributed by atoms with E-state index in [1.54, 1.807) is 0 Å². The molecule has 1 aromatic heterocycles. The van der Waals surface area contributed by atoms with Gasteiger partial charge in [-0.1, -0.05) is 18.2 Å². The van der Waals surface area contributed by atoms with Crippen molar-refractivity contribution >= 4 is 0 Å². The van der Waals surface area contributed by atoms with Gasteiger partial charge in [-0.25, -0.2) is 0 Å². The molecule has 0 aliphatic heterocycles. The maximum absolute atomic E-state index is 11.8. The van der Waals surface area contributed by atoms with Gasteiger partial charge in [0.2, 0.25) is 0 Å². The van der Waals surface area contributed by atoms with Crippen molar-refractivity contribution in [1.29, 1.82) is 0 Å². The van der Waals surface area contributed by atoms with Crippen LogP contribution in [0.3, 0.4) is 0 Å². The zero-order chi connectivity index (χ0) is 13.7. The highest BCUT2D eigenvalue weighted by molar-refractivity contribution is 5.28. The van der Waals surface area contributed by atoms with Crippen molar-refractivity contribution in [3.05, 3.63) is 42.2 Å². The summed E-state index contributed by atoms with van der Waals surface area (Å²) in [5, 5.41) is 8.10. The maximum Gasteiger partial charge on any atom is 0.413 e. The molecule has 1 N–H and O–H groups in total.